The second-order valence-corrected chi connectivity index (χ2v) is 5.52. The number of aromatic nitrogens is 2. The van der Waals surface area contributed by atoms with Gasteiger partial charge in [-0.3, -0.25) is 10.1 Å². The summed E-state index contributed by atoms with van der Waals surface area (Å²) in [5, 5.41) is 18.5. The smallest absolute Gasteiger partial charge is 0.333 e. The van der Waals surface area contributed by atoms with Gasteiger partial charge in [-0.25, -0.2) is 4.68 Å². The van der Waals surface area contributed by atoms with Crippen LogP contribution in [0, 0.1) is 23.0 Å². The van der Waals surface area contributed by atoms with Gasteiger partial charge in [-0.15, -0.1) is 0 Å². The molecule has 7 heteroatoms. The van der Waals surface area contributed by atoms with Crippen LogP contribution in [0.25, 0.3) is 0 Å². The number of nitro groups is 1. The van der Waals surface area contributed by atoms with E-state index in [4.69, 9.17) is 4.74 Å². The Balaban J connectivity index is 1.97. The van der Waals surface area contributed by atoms with Crippen molar-refractivity contribution >= 4 is 11.5 Å². The first-order valence-electron chi connectivity index (χ1n) is 7.05. The van der Waals surface area contributed by atoms with E-state index in [-0.39, 0.29) is 16.7 Å². The maximum atomic E-state index is 11.1. The molecule has 1 aromatic rings. The second-order valence-electron chi connectivity index (χ2n) is 5.52. The van der Waals surface area contributed by atoms with Crippen molar-refractivity contribution in [2.45, 2.75) is 39.7 Å². The van der Waals surface area contributed by atoms with Gasteiger partial charge in [0.2, 0.25) is 5.82 Å². The van der Waals surface area contributed by atoms with Gasteiger partial charge in [0, 0.05) is 19.2 Å². The molecule has 112 valence electrons. The molecule has 1 saturated carbocycles. The molecule has 0 unspecified atom stereocenters. The molecule has 1 aliphatic carbocycles. The molecule has 1 fully saturated rings. The van der Waals surface area contributed by atoms with Gasteiger partial charge in [0.1, 0.15) is 5.69 Å². The molecule has 2 rings (SSSR count). The summed E-state index contributed by atoms with van der Waals surface area (Å²) in [5.74, 6) is 1.20. The summed E-state index contributed by atoms with van der Waals surface area (Å²) in [5.41, 5.74) is 0.492. The zero-order valence-corrected chi connectivity index (χ0v) is 12.3. The Morgan fingerprint density at radius 2 is 2.25 bits per heavy atom. The highest BCUT2D eigenvalue weighted by molar-refractivity contribution is 5.59. The van der Waals surface area contributed by atoms with Crippen molar-refractivity contribution in [1.82, 2.24) is 9.78 Å². The Bertz CT molecular complexity index is 480. The molecule has 0 radical (unpaired) electrons. The molecule has 0 aliphatic heterocycles. The number of rotatable bonds is 8. The fourth-order valence-electron chi connectivity index (χ4n) is 2.07. The van der Waals surface area contributed by atoms with E-state index in [1.165, 1.54) is 12.8 Å². The van der Waals surface area contributed by atoms with Crippen molar-refractivity contribution in [3.63, 3.8) is 0 Å². The topological polar surface area (TPSA) is 82.2 Å². The minimum absolute atomic E-state index is 0.0564. The van der Waals surface area contributed by atoms with Crippen LogP contribution in [-0.4, -0.2) is 34.5 Å². The van der Waals surface area contributed by atoms with Crippen LogP contribution < -0.4 is 5.32 Å². The highest BCUT2D eigenvalue weighted by Gasteiger charge is 2.26. The molecule has 0 atom stereocenters. The maximum Gasteiger partial charge on any atom is 0.333 e. The van der Waals surface area contributed by atoms with Crippen LogP contribution in [0.15, 0.2) is 0 Å². The quantitative estimate of drug-likeness (QED) is 0.450. The average Bonchev–Trinajstić information content (AvgIpc) is 3.11. The number of nitrogens with zero attached hydrogens (tertiary/aromatic N) is 3. The van der Waals surface area contributed by atoms with E-state index >= 15 is 0 Å². The van der Waals surface area contributed by atoms with E-state index < -0.39 is 0 Å². The van der Waals surface area contributed by atoms with Crippen LogP contribution in [0.5, 0.6) is 0 Å². The van der Waals surface area contributed by atoms with Crippen molar-refractivity contribution in [3.8, 4) is 0 Å². The van der Waals surface area contributed by atoms with E-state index in [9.17, 15) is 10.1 Å². The summed E-state index contributed by atoms with van der Waals surface area (Å²) in [6, 6.07) is 0.0669. The van der Waals surface area contributed by atoms with Crippen LogP contribution in [0.4, 0.5) is 11.5 Å². The van der Waals surface area contributed by atoms with Gasteiger partial charge in [0.15, 0.2) is 0 Å². The van der Waals surface area contributed by atoms with Crippen molar-refractivity contribution in [1.29, 1.82) is 0 Å². The fourth-order valence-corrected chi connectivity index (χ4v) is 2.07. The molecule has 20 heavy (non-hydrogen) atoms. The summed E-state index contributed by atoms with van der Waals surface area (Å²) in [6.07, 6.45) is 2.52. The number of aryl methyl sites for hydroxylation is 1. The van der Waals surface area contributed by atoms with Gasteiger partial charge in [0.05, 0.1) is 11.5 Å². The van der Waals surface area contributed by atoms with Gasteiger partial charge in [-0.05, 0) is 39.5 Å². The molecule has 0 saturated heterocycles. The lowest BCUT2D eigenvalue weighted by Gasteiger charge is -2.12. The Hall–Kier alpha value is -1.63. The first-order chi connectivity index (χ1) is 9.50. The highest BCUT2D eigenvalue weighted by Crippen LogP contribution is 2.30. The lowest BCUT2D eigenvalue weighted by Crippen LogP contribution is -2.15. The summed E-state index contributed by atoms with van der Waals surface area (Å²) < 4.78 is 7.19. The van der Waals surface area contributed by atoms with E-state index in [1.54, 1.807) is 11.6 Å². The van der Waals surface area contributed by atoms with Gasteiger partial charge in [-0.2, -0.15) is 5.10 Å². The maximum absolute atomic E-state index is 11.1. The zero-order valence-electron chi connectivity index (χ0n) is 12.3. The first-order valence-corrected chi connectivity index (χ1v) is 7.05. The molecular formula is C13H22N4O3. The zero-order chi connectivity index (χ0) is 14.7. The van der Waals surface area contributed by atoms with Crippen LogP contribution in [-0.2, 0) is 4.74 Å². The predicted molar refractivity (Wildman–Crippen MR) is 76.0 cm³/mol. The van der Waals surface area contributed by atoms with Crippen molar-refractivity contribution in [2.24, 2.45) is 5.92 Å². The van der Waals surface area contributed by atoms with Crippen LogP contribution in [0.3, 0.4) is 0 Å². The summed E-state index contributed by atoms with van der Waals surface area (Å²) in [7, 11) is 0. The molecule has 1 aromatic heterocycles. The summed E-state index contributed by atoms with van der Waals surface area (Å²) in [6.45, 7) is 7.45. The number of hydrogen-bond donors (Lipinski definition) is 1. The SMILES string of the molecule is Cc1nn(C(C)C)c(NCCOCC2CC2)c1[N+](=O)[O-]. The molecule has 1 aliphatic rings. The van der Waals surface area contributed by atoms with Gasteiger partial charge in [0.25, 0.3) is 0 Å². The molecule has 0 amide bonds. The normalized spacial score (nSPS) is 14.8. The van der Waals surface area contributed by atoms with Crippen LogP contribution >= 0.6 is 0 Å². The third-order valence-corrected chi connectivity index (χ3v) is 3.31. The molecule has 0 bridgehead atoms. The monoisotopic (exact) mass is 282 g/mol. The van der Waals surface area contributed by atoms with Crippen molar-refractivity contribution in [3.05, 3.63) is 15.8 Å². The first kappa shape index (κ1) is 14.8. The van der Waals surface area contributed by atoms with Gasteiger partial charge in [-0.1, -0.05) is 0 Å². The molecular weight excluding hydrogens is 260 g/mol. The van der Waals surface area contributed by atoms with Crippen LogP contribution in [0.1, 0.15) is 38.4 Å². The van der Waals surface area contributed by atoms with Crippen LogP contribution in [0.2, 0.25) is 0 Å². The summed E-state index contributed by atoms with van der Waals surface area (Å²) >= 11 is 0. The Kier molecular flexibility index (Phi) is 4.59. The van der Waals surface area contributed by atoms with E-state index in [0.29, 0.717) is 24.7 Å². The second kappa shape index (κ2) is 6.21. The molecule has 7 nitrogen and oxygen atoms in total. The number of ether oxygens (including phenoxy) is 1. The number of anilines is 1. The number of hydrogen-bond acceptors (Lipinski definition) is 5. The lowest BCUT2D eigenvalue weighted by molar-refractivity contribution is -0.384. The Morgan fingerprint density at radius 1 is 1.55 bits per heavy atom. The standard InChI is InChI=1S/C13H22N4O3/c1-9(2)16-13(12(17(18)19)10(3)15-16)14-6-7-20-8-11-4-5-11/h9,11,14H,4-8H2,1-3H3. The lowest BCUT2D eigenvalue weighted by atomic mass is 10.3. The average molecular weight is 282 g/mol. The fraction of sp³-hybridized carbons (Fsp3) is 0.769. The largest absolute Gasteiger partial charge is 0.379 e. The molecule has 0 aromatic carbocycles. The highest BCUT2D eigenvalue weighted by atomic mass is 16.6. The Morgan fingerprint density at radius 3 is 2.80 bits per heavy atom. The van der Waals surface area contributed by atoms with E-state index in [2.05, 4.69) is 10.4 Å². The van der Waals surface area contributed by atoms with Crippen molar-refractivity contribution in [2.75, 3.05) is 25.1 Å². The van der Waals surface area contributed by atoms with Gasteiger partial charge < -0.3 is 10.1 Å². The minimum Gasteiger partial charge on any atom is -0.379 e. The number of nitrogens with one attached hydrogen (secondary N) is 1. The third kappa shape index (κ3) is 3.47. The van der Waals surface area contributed by atoms with Gasteiger partial charge >= 0.3 is 5.69 Å². The molecule has 1 N–H and O–H groups in total. The Labute approximate surface area is 118 Å². The minimum atomic E-state index is -0.380. The summed E-state index contributed by atoms with van der Waals surface area (Å²) in [4.78, 5) is 10.8. The third-order valence-electron chi connectivity index (χ3n) is 3.31. The van der Waals surface area contributed by atoms with E-state index in [0.717, 1.165) is 12.5 Å². The van der Waals surface area contributed by atoms with Crippen molar-refractivity contribution < 1.29 is 9.66 Å². The molecule has 0 spiro atoms. The molecule has 1 heterocycles. The predicted octanol–water partition coefficient (Wildman–Crippen LogP) is 2.52. The van der Waals surface area contributed by atoms with E-state index in [1.807, 2.05) is 13.8 Å².